The fourth-order valence-electron chi connectivity index (χ4n) is 2.86. The third-order valence-electron chi connectivity index (χ3n) is 4.11. The van der Waals surface area contributed by atoms with Crippen LogP contribution in [0, 0.1) is 0 Å². The van der Waals surface area contributed by atoms with Crippen LogP contribution in [-0.4, -0.2) is 29.0 Å². The van der Waals surface area contributed by atoms with Gasteiger partial charge in [-0.25, -0.2) is 0 Å². The first-order valence-corrected chi connectivity index (χ1v) is 8.09. The average Bonchev–Trinajstić information content (AvgIpc) is 3.31. The van der Waals surface area contributed by atoms with E-state index in [1.807, 2.05) is 31.2 Å². The lowest BCUT2D eigenvalue weighted by atomic mass is 9.94. The maximum Gasteiger partial charge on any atom is 0.251 e. The highest BCUT2D eigenvalue weighted by Gasteiger charge is 2.39. The summed E-state index contributed by atoms with van der Waals surface area (Å²) in [6.45, 7) is 1.97. The van der Waals surface area contributed by atoms with Gasteiger partial charge in [0.1, 0.15) is 0 Å². The van der Waals surface area contributed by atoms with Crippen molar-refractivity contribution in [2.45, 2.75) is 31.8 Å². The summed E-state index contributed by atoms with van der Waals surface area (Å²) in [4.78, 5) is 14.5. The Labute approximate surface area is 140 Å². The number of halogens is 1. The van der Waals surface area contributed by atoms with Crippen LogP contribution in [0.25, 0.3) is 0 Å². The molecule has 1 atom stereocenters. The van der Waals surface area contributed by atoms with Crippen LogP contribution in [0.5, 0.6) is 0 Å². The molecule has 1 amide bonds. The number of hydrogen-bond donors (Lipinski definition) is 2. The van der Waals surface area contributed by atoms with Crippen LogP contribution >= 0.6 is 23.8 Å². The Balaban J connectivity index is 2.06. The molecule has 1 aromatic carbocycles. The minimum Gasteiger partial charge on any atom is -0.355 e. The summed E-state index contributed by atoms with van der Waals surface area (Å²) in [5, 5.41) is 7.41. The second-order valence-corrected chi connectivity index (χ2v) is 6.44. The first-order chi connectivity index (χ1) is 10.5. The van der Waals surface area contributed by atoms with Crippen molar-refractivity contribution in [3.05, 3.63) is 46.1 Å². The zero-order chi connectivity index (χ0) is 15.9. The zero-order valence-electron chi connectivity index (χ0n) is 12.5. The Morgan fingerprint density at radius 3 is 2.55 bits per heavy atom. The molecule has 1 fully saturated rings. The molecule has 2 N–H and O–H groups in total. The maximum atomic E-state index is 12.4. The number of nitrogens with zero attached hydrogens (tertiary/aromatic N) is 1. The molecule has 0 spiro atoms. The van der Waals surface area contributed by atoms with Crippen LogP contribution in [-0.2, 0) is 4.79 Å². The van der Waals surface area contributed by atoms with E-state index in [-0.39, 0.29) is 11.9 Å². The van der Waals surface area contributed by atoms with E-state index in [0.29, 0.717) is 21.8 Å². The SMILES string of the molecule is CNC(=O)C1=C(C)N(C2CC2)C(=S)N[C@@H]1c1ccc(Cl)cc1. The molecule has 3 rings (SSSR count). The molecule has 1 saturated carbocycles. The van der Waals surface area contributed by atoms with E-state index in [2.05, 4.69) is 15.5 Å². The van der Waals surface area contributed by atoms with E-state index in [4.69, 9.17) is 23.8 Å². The Hall–Kier alpha value is -1.59. The van der Waals surface area contributed by atoms with Gasteiger partial charge in [0.25, 0.3) is 5.91 Å². The van der Waals surface area contributed by atoms with Gasteiger partial charge in [-0.3, -0.25) is 4.79 Å². The van der Waals surface area contributed by atoms with Crippen molar-refractivity contribution in [3.8, 4) is 0 Å². The molecule has 1 heterocycles. The fourth-order valence-corrected chi connectivity index (χ4v) is 3.39. The number of nitrogens with one attached hydrogen (secondary N) is 2. The summed E-state index contributed by atoms with van der Waals surface area (Å²) < 4.78 is 0. The van der Waals surface area contributed by atoms with E-state index in [9.17, 15) is 4.79 Å². The highest BCUT2D eigenvalue weighted by molar-refractivity contribution is 7.80. The lowest BCUT2D eigenvalue weighted by Crippen LogP contribution is -2.49. The average molecular weight is 336 g/mol. The molecular formula is C16H18ClN3OS. The van der Waals surface area contributed by atoms with Crippen LogP contribution in [0.4, 0.5) is 0 Å². The van der Waals surface area contributed by atoms with Crippen LogP contribution in [0.15, 0.2) is 35.5 Å². The minimum absolute atomic E-state index is 0.0851. The number of hydrogen-bond acceptors (Lipinski definition) is 2. The Morgan fingerprint density at radius 2 is 2.00 bits per heavy atom. The van der Waals surface area contributed by atoms with Gasteiger partial charge in [0.15, 0.2) is 5.11 Å². The molecule has 1 aliphatic carbocycles. The molecule has 2 aliphatic rings. The number of thiocarbonyl (C=S) groups is 1. The molecule has 6 heteroatoms. The maximum absolute atomic E-state index is 12.4. The second kappa shape index (κ2) is 5.89. The highest BCUT2D eigenvalue weighted by Crippen LogP contribution is 2.37. The number of rotatable bonds is 3. The molecule has 4 nitrogen and oxygen atoms in total. The molecular weight excluding hydrogens is 318 g/mol. The standard InChI is InChI=1S/C16H18ClN3OS/c1-9-13(15(21)18-2)14(10-3-5-11(17)6-4-10)19-16(22)20(9)12-7-8-12/h3-6,12,14H,7-8H2,1-2H3,(H,18,21)(H,19,22)/t14-/m1/s1. The number of likely N-dealkylation sites (N-methyl/N-ethyl adjacent to an activating group) is 1. The van der Waals surface area contributed by atoms with Crippen molar-refractivity contribution in [2.24, 2.45) is 0 Å². The fraction of sp³-hybridized carbons (Fsp3) is 0.375. The van der Waals surface area contributed by atoms with Crippen LogP contribution in [0.2, 0.25) is 5.02 Å². The van der Waals surface area contributed by atoms with E-state index < -0.39 is 0 Å². The monoisotopic (exact) mass is 335 g/mol. The molecule has 0 bridgehead atoms. The van der Waals surface area contributed by atoms with Gasteiger partial charge in [0.05, 0.1) is 11.6 Å². The van der Waals surface area contributed by atoms with Gasteiger partial charge in [0.2, 0.25) is 0 Å². The van der Waals surface area contributed by atoms with Crippen molar-refractivity contribution in [3.63, 3.8) is 0 Å². The van der Waals surface area contributed by atoms with E-state index in [1.54, 1.807) is 7.05 Å². The van der Waals surface area contributed by atoms with Gasteiger partial charge in [-0.15, -0.1) is 0 Å². The predicted octanol–water partition coefficient (Wildman–Crippen LogP) is 2.75. The third kappa shape index (κ3) is 2.71. The van der Waals surface area contributed by atoms with Crippen LogP contribution < -0.4 is 10.6 Å². The first-order valence-electron chi connectivity index (χ1n) is 7.31. The van der Waals surface area contributed by atoms with Crippen molar-refractivity contribution in [1.82, 2.24) is 15.5 Å². The summed E-state index contributed by atoms with van der Waals surface area (Å²) in [5.74, 6) is -0.0851. The molecule has 22 heavy (non-hydrogen) atoms. The lowest BCUT2D eigenvalue weighted by Gasteiger charge is -2.38. The number of benzene rings is 1. The summed E-state index contributed by atoms with van der Waals surface area (Å²) in [7, 11) is 1.65. The summed E-state index contributed by atoms with van der Waals surface area (Å²) >= 11 is 11.5. The van der Waals surface area contributed by atoms with Crippen molar-refractivity contribution < 1.29 is 4.79 Å². The molecule has 0 radical (unpaired) electrons. The van der Waals surface area contributed by atoms with Crippen molar-refractivity contribution in [1.29, 1.82) is 0 Å². The Morgan fingerprint density at radius 1 is 1.36 bits per heavy atom. The number of carbonyl (C=O) groups excluding carboxylic acids is 1. The van der Waals surface area contributed by atoms with Crippen LogP contribution in [0.1, 0.15) is 31.4 Å². The molecule has 116 valence electrons. The Kier molecular flexibility index (Phi) is 4.10. The molecule has 0 saturated heterocycles. The highest BCUT2D eigenvalue weighted by atomic mass is 35.5. The molecule has 1 aromatic rings. The van der Waals surface area contributed by atoms with Gasteiger partial charge in [0, 0.05) is 23.8 Å². The lowest BCUT2D eigenvalue weighted by molar-refractivity contribution is -0.117. The quantitative estimate of drug-likeness (QED) is 0.834. The summed E-state index contributed by atoms with van der Waals surface area (Å²) in [6, 6.07) is 7.67. The number of allylic oxidation sites excluding steroid dienone is 1. The molecule has 0 aromatic heterocycles. The molecule has 1 aliphatic heterocycles. The molecule has 0 unspecified atom stereocenters. The van der Waals surface area contributed by atoms with Gasteiger partial charge < -0.3 is 15.5 Å². The smallest absolute Gasteiger partial charge is 0.251 e. The largest absolute Gasteiger partial charge is 0.355 e. The normalized spacial score (nSPS) is 21.7. The number of carbonyl (C=O) groups is 1. The topological polar surface area (TPSA) is 44.4 Å². The van der Waals surface area contributed by atoms with Gasteiger partial charge in [-0.05, 0) is 49.7 Å². The van der Waals surface area contributed by atoms with Gasteiger partial charge in [-0.2, -0.15) is 0 Å². The van der Waals surface area contributed by atoms with Gasteiger partial charge in [-0.1, -0.05) is 23.7 Å². The second-order valence-electron chi connectivity index (χ2n) is 5.61. The van der Waals surface area contributed by atoms with Crippen LogP contribution in [0.3, 0.4) is 0 Å². The summed E-state index contributed by atoms with van der Waals surface area (Å²) in [6.07, 6.45) is 2.23. The van der Waals surface area contributed by atoms with E-state index in [1.165, 1.54) is 0 Å². The predicted molar refractivity (Wildman–Crippen MR) is 91.6 cm³/mol. The Bertz CT molecular complexity index is 652. The summed E-state index contributed by atoms with van der Waals surface area (Å²) in [5.41, 5.74) is 2.62. The zero-order valence-corrected chi connectivity index (χ0v) is 14.1. The van der Waals surface area contributed by atoms with Crippen molar-refractivity contribution in [2.75, 3.05) is 7.05 Å². The van der Waals surface area contributed by atoms with E-state index in [0.717, 1.165) is 24.1 Å². The van der Waals surface area contributed by atoms with Crippen molar-refractivity contribution >= 4 is 34.8 Å². The van der Waals surface area contributed by atoms with Gasteiger partial charge >= 0.3 is 0 Å². The minimum atomic E-state index is -0.250. The van der Waals surface area contributed by atoms with E-state index >= 15 is 0 Å². The first kappa shape index (κ1) is 15.3. The third-order valence-corrected chi connectivity index (χ3v) is 4.68. The number of amides is 1.